The van der Waals surface area contributed by atoms with Gasteiger partial charge in [0, 0.05) is 17.3 Å². The molecule has 2 aromatic rings. The molecular formula is C29H38N4O5. The third-order valence-corrected chi connectivity index (χ3v) is 8.69. The summed E-state index contributed by atoms with van der Waals surface area (Å²) in [4.78, 5) is 36.7. The molecule has 0 radical (unpaired) electrons. The maximum atomic E-state index is 12.6. The van der Waals surface area contributed by atoms with Gasteiger partial charge >= 0.3 is 0 Å². The van der Waals surface area contributed by atoms with E-state index in [4.69, 9.17) is 5.21 Å². The summed E-state index contributed by atoms with van der Waals surface area (Å²) in [7, 11) is 0. The number of carbonyl (C=O) groups excluding carboxylic acids is 3. The van der Waals surface area contributed by atoms with Crippen molar-refractivity contribution in [1.29, 1.82) is 0 Å². The van der Waals surface area contributed by atoms with Crippen molar-refractivity contribution in [3.8, 4) is 11.1 Å². The molecule has 2 aromatic carbocycles. The zero-order valence-electron chi connectivity index (χ0n) is 22.3. The van der Waals surface area contributed by atoms with Crippen LogP contribution in [0.15, 0.2) is 48.5 Å². The molecule has 204 valence electrons. The maximum Gasteiger partial charge on any atom is 0.268 e. The van der Waals surface area contributed by atoms with E-state index in [1.807, 2.05) is 24.3 Å². The average molecular weight is 523 g/mol. The van der Waals surface area contributed by atoms with E-state index in [9.17, 15) is 19.5 Å². The summed E-state index contributed by atoms with van der Waals surface area (Å²) in [6, 6.07) is 13.3. The van der Waals surface area contributed by atoms with Gasteiger partial charge in [0.05, 0.1) is 12.6 Å². The molecule has 0 saturated heterocycles. The molecule has 9 heteroatoms. The molecule has 0 aromatic heterocycles. The largest absolute Gasteiger partial charge is 0.391 e. The molecule has 0 heterocycles. The first-order valence-corrected chi connectivity index (χ1v) is 13.2. The van der Waals surface area contributed by atoms with Gasteiger partial charge < -0.3 is 21.1 Å². The number of carbonyl (C=O) groups is 3. The van der Waals surface area contributed by atoms with Crippen LogP contribution in [0.25, 0.3) is 11.1 Å². The van der Waals surface area contributed by atoms with Gasteiger partial charge in [0.1, 0.15) is 6.04 Å². The van der Waals surface area contributed by atoms with Gasteiger partial charge in [-0.05, 0) is 78.3 Å². The fourth-order valence-electron chi connectivity index (χ4n) is 6.11. The standard InChI is InChI=1S/C29H38N4O5/c1-16-23-13-21(29(23,3)4)14-24(16)30-15-25(35)31-22-11-9-19(10-12-22)18-5-7-20(8-6-18)27(36)32-26(17(2)34)28(37)33-38/h5-12,16-17,21,23-24,26,30,34,38H,13-15H2,1-4H3,(H,31,35)(H,32,36)(H,33,37)/t16-,17+,21?,23-,24-,26-/m0/s1. The number of anilines is 1. The number of nitrogens with one attached hydrogen (secondary N) is 4. The van der Waals surface area contributed by atoms with Gasteiger partial charge in [-0.15, -0.1) is 0 Å². The third kappa shape index (κ3) is 5.75. The molecule has 9 nitrogen and oxygen atoms in total. The van der Waals surface area contributed by atoms with Gasteiger partial charge in [-0.1, -0.05) is 45.0 Å². The monoisotopic (exact) mass is 522 g/mol. The molecule has 3 amide bonds. The van der Waals surface area contributed by atoms with Crippen LogP contribution < -0.4 is 21.4 Å². The molecular weight excluding hydrogens is 484 g/mol. The Balaban J connectivity index is 1.28. The summed E-state index contributed by atoms with van der Waals surface area (Å²) < 4.78 is 0. The smallest absolute Gasteiger partial charge is 0.268 e. The number of fused-ring (bicyclic) bond motifs is 2. The lowest BCUT2D eigenvalue weighted by molar-refractivity contribution is -0.133. The van der Waals surface area contributed by atoms with Gasteiger partial charge in [-0.25, -0.2) is 5.48 Å². The predicted molar refractivity (Wildman–Crippen MR) is 144 cm³/mol. The molecule has 2 bridgehead atoms. The van der Waals surface area contributed by atoms with Gasteiger partial charge in [-0.3, -0.25) is 19.6 Å². The molecule has 0 aliphatic heterocycles. The van der Waals surface area contributed by atoms with Gasteiger partial charge in [0.15, 0.2) is 0 Å². The maximum absolute atomic E-state index is 12.6. The number of amides is 3. The van der Waals surface area contributed by atoms with Crippen LogP contribution in [0.5, 0.6) is 0 Å². The number of hydrogen-bond donors (Lipinski definition) is 6. The fraction of sp³-hybridized carbons (Fsp3) is 0.483. The van der Waals surface area contributed by atoms with Gasteiger partial charge in [0.25, 0.3) is 11.8 Å². The van der Waals surface area contributed by atoms with Crippen LogP contribution >= 0.6 is 0 Å². The fourth-order valence-corrected chi connectivity index (χ4v) is 6.11. The molecule has 6 atom stereocenters. The first-order chi connectivity index (χ1) is 18.0. The Bertz CT molecular complexity index is 1160. The first-order valence-electron chi connectivity index (χ1n) is 13.2. The quantitative estimate of drug-likeness (QED) is 0.221. The normalized spacial score (nSPS) is 24.9. The van der Waals surface area contributed by atoms with Gasteiger partial charge in [-0.2, -0.15) is 0 Å². The zero-order chi connectivity index (χ0) is 27.6. The third-order valence-electron chi connectivity index (χ3n) is 8.69. The van der Waals surface area contributed by atoms with E-state index < -0.39 is 24.0 Å². The van der Waals surface area contributed by atoms with Crippen LogP contribution in [0.1, 0.15) is 50.9 Å². The average Bonchev–Trinajstić information content (AvgIpc) is 2.90. The Morgan fingerprint density at radius 3 is 2.13 bits per heavy atom. The van der Waals surface area contributed by atoms with E-state index in [2.05, 4.69) is 36.7 Å². The lowest BCUT2D eigenvalue weighted by Gasteiger charge is -2.62. The molecule has 3 fully saturated rings. The number of hydrogen-bond acceptors (Lipinski definition) is 6. The van der Waals surface area contributed by atoms with Gasteiger partial charge in [0.2, 0.25) is 5.91 Å². The van der Waals surface area contributed by atoms with Crippen LogP contribution in [0, 0.1) is 23.2 Å². The number of aliphatic hydroxyl groups is 1. The summed E-state index contributed by atoms with van der Waals surface area (Å²) in [5, 5.41) is 27.3. The molecule has 38 heavy (non-hydrogen) atoms. The highest BCUT2D eigenvalue weighted by Gasteiger charge is 2.56. The molecule has 6 N–H and O–H groups in total. The van der Waals surface area contributed by atoms with Crippen molar-refractivity contribution in [3.63, 3.8) is 0 Å². The van der Waals surface area contributed by atoms with E-state index in [0.29, 0.717) is 28.6 Å². The molecule has 1 unspecified atom stereocenters. The number of rotatable bonds is 9. The second-order valence-corrected chi connectivity index (χ2v) is 11.3. The number of hydroxylamine groups is 1. The summed E-state index contributed by atoms with van der Waals surface area (Å²) >= 11 is 0. The van der Waals surface area contributed by atoms with E-state index in [1.165, 1.54) is 18.8 Å². The van der Waals surface area contributed by atoms with Crippen molar-refractivity contribution >= 4 is 23.4 Å². The Hall–Kier alpha value is -3.27. The zero-order valence-corrected chi connectivity index (χ0v) is 22.3. The van der Waals surface area contributed by atoms with Crippen molar-refractivity contribution in [2.45, 2.75) is 58.7 Å². The van der Waals surface area contributed by atoms with Crippen molar-refractivity contribution in [2.24, 2.45) is 23.2 Å². The summed E-state index contributed by atoms with van der Waals surface area (Å²) in [6.07, 6.45) is 1.26. The summed E-state index contributed by atoms with van der Waals surface area (Å²) in [5.41, 5.74) is 4.65. The molecule has 3 aliphatic carbocycles. The molecule has 3 saturated carbocycles. The minimum Gasteiger partial charge on any atom is -0.391 e. The Labute approximate surface area is 223 Å². The minimum absolute atomic E-state index is 0.0656. The van der Waals surface area contributed by atoms with Crippen molar-refractivity contribution in [3.05, 3.63) is 54.1 Å². The van der Waals surface area contributed by atoms with Crippen LogP contribution in [0.3, 0.4) is 0 Å². The SMILES string of the molecule is C[C@@H]1[C@@H](NCC(=O)Nc2ccc(-c3ccc(C(=O)N[C@H](C(=O)NO)[C@@H](C)O)cc3)cc2)CC2C[C@@H]1C2(C)C. The Morgan fingerprint density at radius 2 is 1.61 bits per heavy atom. The van der Waals surface area contributed by atoms with E-state index in [0.717, 1.165) is 29.4 Å². The van der Waals surface area contributed by atoms with Crippen LogP contribution in [0.4, 0.5) is 5.69 Å². The highest BCUT2D eigenvalue weighted by Crippen LogP contribution is 2.61. The van der Waals surface area contributed by atoms with E-state index in [1.54, 1.807) is 24.3 Å². The molecule has 3 aliphatic rings. The lowest BCUT2D eigenvalue weighted by atomic mass is 9.45. The van der Waals surface area contributed by atoms with Crippen molar-refractivity contribution in [2.75, 3.05) is 11.9 Å². The highest BCUT2D eigenvalue weighted by atomic mass is 16.5. The molecule has 5 rings (SSSR count). The minimum atomic E-state index is -1.28. The number of aliphatic hydroxyl groups excluding tert-OH is 1. The summed E-state index contributed by atoms with van der Waals surface area (Å²) in [5.74, 6) is 0.516. The van der Waals surface area contributed by atoms with E-state index in [-0.39, 0.29) is 12.5 Å². The molecule has 0 spiro atoms. The van der Waals surface area contributed by atoms with Crippen LogP contribution in [-0.2, 0) is 9.59 Å². The van der Waals surface area contributed by atoms with Crippen LogP contribution in [-0.4, -0.2) is 52.8 Å². The van der Waals surface area contributed by atoms with Crippen molar-refractivity contribution in [1.82, 2.24) is 16.1 Å². The second kappa shape index (κ2) is 11.2. The van der Waals surface area contributed by atoms with Crippen LogP contribution in [0.2, 0.25) is 0 Å². The Kier molecular flexibility index (Phi) is 8.20. The topological polar surface area (TPSA) is 140 Å². The van der Waals surface area contributed by atoms with E-state index >= 15 is 0 Å². The summed E-state index contributed by atoms with van der Waals surface area (Å²) in [6.45, 7) is 8.67. The second-order valence-electron chi connectivity index (χ2n) is 11.3. The number of benzene rings is 2. The Morgan fingerprint density at radius 1 is 1.00 bits per heavy atom. The highest BCUT2D eigenvalue weighted by molar-refractivity contribution is 5.98. The first kappa shape index (κ1) is 27.8. The lowest BCUT2D eigenvalue weighted by Crippen LogP contribution is -2.60. The van der Waals surface area contributed by atoms with Crippen molar-refractivity contribution < 1.29 is 24.7 Å². The predicted octanol–water partition coefficient (Wildman–Crippen LogP) is 2.94.